The Labute approximate surface area is 108 Å². The number of piperidine rings is 1. The minimum Gasteiger partial charge on any atom is -0.469 e. The van der Waals surface area contributed by atoms with Gasteiger partial charge in [-0.15, -0.1) is 12.4 Å². The fourth-order valence-corrected chi connectivity index (χ4v) is 2.07. The number of amides is 1. The first-order chi connectivity index (χ1) is 7.61. The van der Waals surface area contributed by atoms with Gasteiger partial charge in [-0.3, -0.25) is 4.79 Å². The molecule has 2 N–H and O–H groups in total. The summed E-state index contributed by atoms with van der Waals surface area (Å²) in [5.74, 6) is 0.644. The third-order valence-corrected chi connectivity index (χ3v) is 3.23. The van der Waals surface area contributed by atoms with E-state index < -0.39 is 0 Å². The Kier molecular flexibility index (Phi) is 4.60. The van der Waals surface area contributed by atoms with Crippen LogP contribution in [0.15, 0.2) is 16.7 Å². The molecule has 1 saturated heterocycles. The minimum absolute atomic E-state index is 0. The molecule has 2 heterocycles. The first-order valence-corrected chi connectivity index (χ1v) is 5.68. The number of aryl methyl sites for hydroxylation is 1. The monoisotopic (exact) mass is 258 g/mol. The number of nitrogens with one attached hydrogen (secondary N) is 2. The Morgan fingerprint density at radius 2 is 2.12 bits per heavy atom. The fourth-order valence-electron chi connectivity index (χ4n) is 2.07. The average molecular weight is 259 g/mol. The predicted molar refractivity (Wildman–Crippen MR) is 68.7 cm³/mol. The summed E-state index contributed by atoms with van der Waals surface area (Å²) in [6, 6.07) is 1.72. The van der Waals surface area contributed by atoms with Crippen molar-refractivity contribution in [3.8, 4) is 0 Å². The molecule has 0 aliphatic carbocycles. The Bertz CT molecular complexity index is 384. The highest BCUT2D eigenvalue weighted by Gasteiger charge is 2.29. The molecular weight excluding hydrogens is 240 g/mol. The quantitative estimate of drug-likeness (QED) is 0.852. The summed E-state index contributed by atoms with van der Waals surface area (Å²) < 4.78 is 5.13. The summed E-state index contributed by atoms with van der Waals surface area (Å²) in [4.78, 5) is 12.0. The maximum absolute atomic E-state index is 12.0. The highest BCUT2D eigenvalue weighted by molar-refractivity contribution is 5.95. The molecule has 0 radical (unpaired) electrons. The molecule has 1 aliphatic heterocycles. The van der Waals surface area contributed by atoms with Gasteiger partial charge in [0.1, 0.15) is 5.76 Å². The van der Waals surface area contributed by atoms with Crippen LogP contribution in [0, 0.1) is 6.92 Å². The SMILES string of the molecule is Cc1occc1C(=O)NC1(C)CCNCC1.Cl. The van der Waals surface area contributed by atoms with E-state index in [1.165, 1.54) is 0 Å². The molecule has 4 nitrogen and oxygen atoms in total. The molecule has 0 bridgehead atoms. The predicted octanol–water partition coefficient (Wildman–Crippen LogP) is 1.88. The van der Waals surface area contributed by atoms with Gasteiger partial charge in [0.15, 0.2) is 0 Å². The molecular formula is C12H19ClN2O2. The number of carbonyl (C=O) groups is 1. The summed E-state index contributed by atoms with van der Waals surface area (Å²) in [5.41, 5.74) is 0.547. The zero-order valence-electron chi connectivity index (χ0n) is 10.2. The number of halogens is 1. The first-order valence-electron chi connectivity index (χ1n) is 5.68. The molecule has 0 spiro atoms. The van der Waals surface area contributed by atoms with E-state index in [-0.39, 0.29) is 23.9 Å². The van der Waals surface area contributed by atoms with Crippen LogP contribution in [0.3, 0.4) is 0 Å². The Balaban J connectivity index is 0.00000144. The fraction of sp³-hybridized carbons (Fsp3) is 0.583. The average Bonchev–Trinajstić information content (AvgIpc) is 2.65. The molecule has 0 atom stereocenters. The van der Waals surface area contributed by atoms with Crippen molar-refractivity contribution in [3.05, 3.63) is 23.7 Å². The molecule has 0 unspecified atom stereocenters. The smallest absolute Gasteiger partial charge is 0.255 e. The van der Waals surface area contributed by atoms with Crippen LogP contribution in [0.1, 0.15) is 35.9 Å². The van der Waals surface area contributed by atoms with E-state index in [1.54, 1.807) is 19.3 Å². The van der Waals surface area contributed by atoms with Gasteiger partial charge in [0.25, 0.3) is 5.91 Å². The first kappa shape index (κ1) is 14.1. The third-order valence-electron chi connectivity index (χ3n) is 3.23. The van der Waals surface area contributed by atoms with Crippen molar-refractivity contribution in [2.75, 3.05) is 13.1 Å². The van der Waals surface area contributed by atoms with Gasteiger partial charge < -0.3 is 15.1 Å². The molecule has 1 amide bonds. The van der Waals surface area contributed by atoms with E-state index in [2.05, 4.69) is 17.6 Å². The lowest BCUT2D eigenvalue weighted by Gasteiger charge is -2.34. The zero-order valence-corrected chi connectivity index (χ0v) is 11.0. The van der Waals surface area contributed by atoms with Crippen molar-refractivity contribution in [1.29, 1.82) is 0 Å². The van der Waals surface area contributed by atoms with Crippen LogP contribution in [0.5, 0.6) is 0 Å². The van der Waals surface area contributed by atoms with E-state index in [0.717, 1.165) is 25.9 Å². The van der Waals surface area contributed by atoms with Gasteiger partial charge in [-0.05, 0) is 45.8 Å². The summed E-state index contributed by atoms with van der Waals surface area (Å²) in [7, 11) is 0. The normalized spacial score (nSPS) is 18.2. The van der Waals surface area contributed by atoms with Crippen molar-refractivity contribution in [2.45, 2.75) is 32.2 Å². The van der Waals surface area contributed by atoms with Crippen molar-refractivity contribution < 1.29 is 9.21 Å². The largest absolute Gasteiger partial charge is 0.469 e. The van der Waals surface area contributed by atoms with Crippen molar-refractivity contribution in [2.24, 2.45) is 0 Å². The van der Waals surface area contributed by atoms with Crippen LogP contribution < -0.4 is 10.6 Å². The van der Waals surface area contributed by atoms with Gasteiger partial charge in [-0.25, -0.2) is 0 Å². The maximum atomic E-state index is 12.0. The van der Waals surface area contributed by atoms with Crippen molar-refractivity contribution in [3.63, 3.8) is 0 Å². The van der Waals surface area contributed by atoms with Gasteiger partial charge in [-0.2, -0.15) is 0 Å². The molecule has 1 fully saturated rings. The molecule has 5 heteroatoms. The standard InChI is InChI=1S/C12H18N2O2.ClH/c1-9-10(3-8-16-9)11(15)14-12(2)4-6-13-7-5-12;/h3,8,13H,4-7H2,1-2H3,(H,14,15);1H. The Morgan fingerprint density at radius 1 is 1.47 bits per heavy atom. The van der Waals surface area contributed by atoms with Gasteiger partial charge in [0.2, 0.25) is 0 Å². The van der Waals surface area contributed by atoms with Crippen molar-refractivity contribution >= 4 is 18.3 Å². The summed E-state index contributed by atoms with van der Waals surface area (Å²) in [6.45, 7) is 5.82. The lowest BCUT2D eigenvalue weighted by atomic mass is 9.90. The second-order valence-electron chi connectivity index (χ2n) is 4.66. The molecule has 17 heavy (non-hydrogen) atoms. The van der Waals surface area contributed by atoms with Gasteiger partial charge in [0, 0.05) is 5.54 Å². The van der Waals surface area contributed by atoms with E-state index in [0.29, 0.717) is 11.3 Å². The van der Waals surface area contributed by atoms with Crippen LogP contribution in [-0.2, 0) is 0 Å². The van der Waals surface area contributed by atoms with Crippen LogP contribution >= 0.6 is 12.4 Å². The van der Waals surface area contributed by atoms with Crippen LogP contribution in [0.4, 0.5) is 0 Å². The second-order valence-corrected chi connectivity index (χ2v) is 4.66. The number of furan rings is 1. The lowest BCUT2D eigenvalue weighted by Crippen LogP contribution is -2.52. The number of carbonyl (C=O) groups excluding carboxylic acids is 1. The molecule has 2 rings (SSSR count). The molecule has 1 aliphatic rings. The van der Waals surface area contributed by atoms with E-state index in [4.69, 9.17) is 4.42 Å². The van der Waals surface area contributed by atoms with Gasteiger partial charge >= 0.3 is 0 Å². The molecule has 96 valence electrons. The van der Waals surface area contributed by atoms with Crippen LogP contribution in [0.25, 0.3) is 0 Å². The topological polar surface area (TPSA) is 54.3 Å². The second kappa shape index (κ2) is 5.56. The zero-order chi connectivity index (χ0) is 11.6. The van der Waals surface area contributed by atoms with E-state index >= 15 is 0 Å². The molecule has 0 saturated carbocycles. The molecule has 1 aromatic heterocycles. The number of hydrogen-bond acceptors (Lipinski definition) is 3. The summed E-state index contributed by atoms with van der Waals surface area (Å²) in [5, 5.41) is 6.39. The molecule has 1 aromatic rings. The van der Waals surface area contributed by atoms with Gasteiger partial charge in [-0.1, -0.05) is 0 Å². The maximum Gasteiger partial charge on any atom is 0.255 e. The van der Waals surface area contributed by atoms with E-state index in [9.17, 15) is 4.79 Å². The number of hydrogen-bond donors (Lipinski definition) is 2. The van der Waals surface area contributed by atoms with Gasteiger partial charge in [0.05, 0.1) is 11.8 Å². The lowest BCUT2D eigenvalue weighted by molar-refractivity contribution is 0.0886. The Hall–Kier alpha value is -1.00. The molecule has 0 aromatic carbocycles. The Morgan fingerprint density at radius 3 is 2.65 bits per heavy atom. The van der Waals surface area contributed by atoms with Crippen LogP contribution in [-0.4, -0.2) is 24.5 Å². The number of rotatable bonds is 2. The third kappa shape index (κ3) is 3.23. The van der Waals surface area contributed by atoms with Crippen LogP contribution in [0.2, 0.25) is 0 Å². The highest BCUT2D eigenvalue weighted by atomic mass is 35.5. The summed E-state index contributed by atoms with van der Waals surface area (Å²) in [6.07, 6.45) is 3.49. The summed E-state index contributed by atoms with van der Waals surface area (Å²) >= 11 is 0. The minimum atomic E-state index is -0.0912. The van der Waals surface area contributed by atoms with E-state index in [1.807, 2.05) is 0 Å². The highest BCUT2D eigenvalue weighted by Crippen LogP contribution is 2.19. The van der Waals surface area contributed by atoms with Crippen molar-refractivity contribution in [1.82, 2.24) is 10.6 Å².